The minimum Gasteiger partial charge on any atom is -0.369 e. The molecule has 0 fully saturated rings. The van der Waals surface area contributed by atoms with Gasteiger partial charge in [-0.15, -0.1) is 0 Å². The Morgan fingerprint density at radius 3 is 2.35 bits per heavy atom. The molecule has 7 nitrogen and oxygen atoms in total. The Morgan fingerprint density at radius 1 is 1.22 bits per heavy atom. The molecule has 2 N–H and O–H groups in total. The molecule has 0 unspecified atom stereocenters. The smallest absolute Gasteiger partial charge is 0.270 e. The highest BCUT2D eigenvalue weighted by Crippen LogP contribution is 2.29. The van der Waals surface area contributed by atoms with Crippen LogP contribution >= 0.6 is 11.6 Å². The van der Waals surface area contributed by atoms with Crippen LogP contribution < -0.4 is 10.0 Å². The third-order valence-electron chi connectivity index (χ3n) is 3.20. The van der Waals surface area contributed by atoms with Crippen molar-refractivity contribution in [1.29, 1.82) is 0 Å². The van der Waals surface area contributed by atoms with Gasteiger partial charge in [0.25, 0.3) is 5.69 Å². The van der Waals surface area contributed by atoms with E-state index in [4.69, 9.17) is 16.7 Å². The van der Waals surface area contributed by atoms with Crippen molar-refractivity contribution in [2.45, 2.75) is 11.4 Å². The SMILES string of the molecule is CN(Cc1ccc(Cl)cc1)c1ccc([N+](=O)[O-])cc1S(N)(=O)=O. The first-order chi connectivity index (χ1) is 10.7. The van der Waals surface area contributed by atoms with Crippen LogP contribution in [0.2, 0.25) is 5.02 Å². The fourth-order valence-electron chi connectivity index (χ4n) is 2.11. The molecular formula is C14H14ClN3O4S. The van der Waals surface area contributed by atoms with Gasteiger partial charge in [-0.1, -0.05) is 23.7 Å². The van der Waals surface area contributed by atoms with E-state index in [1.54, 1.807) is 36.2 Å². The molecule has 2 rings (SSSR count). The highest BCUT2D eigenvalue weighted by Gasteiger charge is 2.21. The predicted octanol–water partition coefficient (Wildman–Crippen LogP) is 2.53. The van der Waals surface area contributed by atoms with Gasteiger partial charge in [0, 0.05) is 30.7 Å². The van der Waals surface area contributed by atoms with Crippen LogP contribution in [-0.2, 0) is 16.6 Å². The molecule has 0 aromatic heterocycles. The van der Waals surface area contributed by atoms with E-state index in [-0.39, 0.29) is 16.3 Å². The van der Waals surface area contributed by atoms with E-state index in [0.29, 0.717) is 11.6 Å². The minimum absolute atomic E-state index is 0.285. The summed E-state index contributed by atoms with van der Waals surface area (Å²) in [7, 11) is -2.43. The Hall–Kier alpha value is -2.16. The lowest BCUT2D eigenvalue weighted by molar-refractivity contribution is -0.385. The zero-order valence-corrected chi connectivity index (χ0v) is 13.7. The lowest BCUT2D eigenvalue weighted by Gasteiger charge is -2.21. The lowest BCUT2D eigenvalue weighted by Crippen LogP contribution is -2.22. The number of nitro benzene ring substituents is 1. The fraction of sp³-hybridized carbons (Fsp3) is 0.143. The number of sulfonamides is 1. The van der Waals surface area contributed by atoms with Crippen LogP contribution in [0.4, 0.5) is 11.4 Å². The van der Waals surface area contributed by atoms with Crippen molar-refractivity contribution in [1.82, 2.24) is 0 Å². The summed E-state index contributed by atoms with van der Waals surface area (Å²) in [5.41, 5.74) is 0.848. The monoisotopic (exact) mass is 355 g/mol. The first kappa shape index (κ1) is 17.2. The van der Waals surface area contributed by atoms with E-state index >= 15 is 0 Å². The molecular weight excluding hydrogens is 342 g/mol. The number of rotatable bonds is 5. The molecule has 9 heteroatoms. The Bertz CT molecular complexity index is 838. The molecule has 2 aromatic carbocycles. The van der Waals surface area contributed by atoms with E-state index in [1.165, 1.54) is 12.1 Å². The van der Waals surface area contributed by atoms with Crippen LogP contribution in [0.5, 0.6) is 0 Å². The topological polar surface area (TPSA) is 107 Å². The third kappa shape index (κ3) is 4.19. The van der Waals surface area contributed by atoms with Crippen molar-refractivity contribution in [3.05, 3.63) is 63.2 Å². The molecule has 0 aliphatic carbocycles. The Balaban J connectivity index is 2.41. The molecule has 0 spiro atoms. The van der Waals surface area contributed by atoms with Crippen molar-refractivity contribution in [2.24, 2.45) is 5.14 Å². The van der Waals surface area contributed by atoms with Gasteiger partial charge in [0.15, 0.2) is 0 Å². The van der Waals surface area contributed by atoms with Crippen molar-refractivity contribution >= 4 is 33.0 Å². The number of primary sulfonamides is 1. The average molecular weight is 356 g/mol. The van der Waals surface area contributed by atoms with Gasteiger partial charge in [0.1, 0.15) is 4.90 Å². The average Bonchev–Trinajstić information content (AvgIpc) is 2.48. The molecule has 0 bridgehead atoms. The zero-order chi connectivity index (χ0) is 17.2. The summed E-state index contributed by atoms with van der Waals surface area (Å²) < 4.78 is 23.5. The summed E-state index contributed by atoms with van der Waals surface area (Å²) >= 11 is 5.82. The molecule has 2 aromatic rings. The maximum Gasteiger partial charge on any atom is 0.270 e. The number of hydrogen-bond donors (Lipinski definition) is 1. The van der Waals surface area contributed by atoms with E-state index in [0.717, 1.165) is 11.6 Å². The maximum absolute atomic E-state index is 11.7. The molecule has 122 valence electrons. The standard InChI is InChI=1S/C14H14ClN3O4S/c1-17(9-10-2-4-11(15)5-3-10)13-7-6-12(18(19)20)8-14(13)23(16,21)22/h2-8H,9H2,1H3,(H2,16,21,22). The van der Waals surface area contributed by atoms with Gasteiger partial charge in [0.2, 0.25) is 10.0 Å². The highest BCUT2D eigenvalue weighted by atomic mass is 35.5. The van der Waals surface area contributed by atoms with Crippen LogP contribution in [0.3, 0.4) is 0 Å². The number of nitrogens with two attached hydrogens (primary N) is 1. The zero-order valence-electron chi connectivity index (χ0n) is 12.1. The van der Waals surface area contributed by atoms with Crippen LogP contribution in [0.1, 0.15) is 5.56 Å². The van der Waals surface area contributed by atoms with Crippen LogP contribution in [0.15, 0.2) is 47.4 Å². The third-order valence-corrected chi connectivity index (χ3v) is 4.40. The normalized spacial score (nSPS) is 11.3. The van der Waals surface area contributed by atoms with Gasteiger partial charge in [-0.05, 0) is 23.8 Å². The summed E-state index contributed by atoms with van der Waals surface area (Å²) in [5, 5.41) is 16.6. The molecule has 0 aliphatic rings. The first-order valence-electron chi connectivity index (χ1n) is 6.45. The van der Waals surface area contributed by atoms with E-state index < -0.39 is 14.9 Å². The number of hydrogen-bond acceptors (Lipinski definition) is 5. The summed E-state index contributed by atoms with van der Waals surface area (Å²) in [5.74, 6) is 0. The van der Waals surface area contributed by atoms with Gasteiger partial charge in [-0.2, -0.15) is 0 Å². The summed E-state index contributed by atoms with van der Waals surface area (Å²) in [4.78, 5) is 11.5. The van der Waals surface area contributed by atoms with Gasteiger partial charge >= 0.3 is 0 Å². The van der Waals surface area contributed by atoms with Crippen LogP contribution in [0, 0.1) is 10.1 Å². The largest absolute Gasteiger partial charge is 0.369 e. The first-order valence-corrected chi connectivity index (χ1v) is 8.38. The number of non-ortho nitro benzene ring substituents is 1. The number of nitro groups is 1. The number of anilines is 1. The number of benzene rings is 2. The van der Waals surface area contributed by atoms with Gasteiger partial charge in [0.05, 0.1) is 10.6 Å². The number of halogens is 1. The summed E-state index contributed by atoms with van der Waals surface area (Å²) in [6.07, 6.45) is 0. The lowest BCUT2D eigenvalue weighted by atomic mass is 10.2. The second-order valence-corrected chi connectivity index (χ2v) is 6.90. The number of nitrogens with zero attached hydrogens (tertiary/aromatic N) is 2. The van der Waals surface area contributed by atoms with E-state index in [2.05, 4.69) is 0 Å². The molecule has 0 atom stereocenters. The fourth-order valence-corrected chi connectivity index (χ4v) is 3.03. The van der Waals surface area contributed by atoms with Gasteiger partial charge in [-0.3, -0.25) is 10.1 Å². The van der Waals surface area contributed by atoms with Gasteiger partial charge < -0.3 is 4.90 Å². The molecule has 0 radical (unpaired) electrons. The van der Waals surface area contributed by atoms with Crippen molar-refractivity contribution in [3.8, 4) is 0 Å². The Labute approximate surface area is 138 Å². The second kappa shape index (κ2) is 6.53. The molecule has 0 aliphatic heterocycles. The van der Waals surface area contributed by atoms with Crippen molar-refractivity contribution < 1.29 is 13.3 Å². The Morgan fingerprint density at radius 2 is 1.83 bits per heavy atom. The molecule has 0 heterocycles. The van der Waals surface area contributed by atoms with Crippen molar-refractivity contribution in [3.63, 3.8) is 0 Å². The Kier molecular flexibility index (Phi) is 4.88. The van der Waals surface area contributed by atoms with Crippen LogP contribution in [-0.4, -0.2) is 20.4 Å². The second-order valence-electron chi connectivity index (χ2n) is 4.94. The highest BCUT2D eigenvalue weighted by molar-refractivity contribution is 7.89. The van der Waals surface area contributed by atoms with E-state index in [1.807, 2.05) is 0 Å². The quantitative estimate of drug-likeness (QED) is 0.655. The van der Waals surface area contributed by atoms with Crippen LogP contribution in [0.25, 0.3) is 0 Å². The van der Waals surface area contributed by atoms with Crippen molar-refractivity contribution in [2.75, 3.05) is 11.9 Å². The summed E-state index contributed by atoms with van der Waals surface area (Å²) in [6.45, 7) is 0.386. The maximum atomic E-state index is 11.7. The molecule has 23 heavy (non-hydrogen) atoms. The molecule has 0 saturated carbocycles. The van der Waals surface area contributed by atoms with Gasteiger partial charge in [-0.25, -0.2) is 13.6 Å². The molecule has 0 saturated heterocycles. The predicted molar refractivity (Wildman–Crippen MR) is 88.0 cm³/mol. The minimum atomic E-state index is -4.10. The summed E-state index contributed by atoms with van der Waals surface area (Å²) in [6, 6.07) is 10.6. The molecule has 0 amide bonds. The van der Waals surface area contributed by atoms with E-state index in [9.17, 15) is 18.5 Å².